The number of hydrogen-bond acceptors (Lipinski definition) is 5. The Morgan fingerprint density at radius 3 is 2.17 bits per heavy atom. The van der Waals surface area contributed by atoms with Gasteiger partial charge < -0.3 is 9.57 Å². The van der Waals surface area contributed by atoms with Crippen LogP contribution in [0.15, 0.2) is 24.3 Å². The van der Waals surface area contributed by atoms with Gasteiger partial charge in [-0.25, -0.2) is 4.79 Å². The molecule has 8 heteroatoms. The summed E-state index contributed by atoms with van der Waals surface area (Å²) in [6.07, 6.45) is 0.00837. The van der Waals surface area contributed by atoms with Crippen LogP contribution in [-0.4, -0.2) is 42.0 Å². The van der Waals surface area contributed by atoms with E-state index in [0.717, 1.165) is 0 Å². The molecule has 0 unspecified atom stereocenters. The number of fused-ring (bicyclic) bond motifs is 1. The second-order valence-corrected chi connectivity index (χ2v) is 5.34. The summed E-state index contributed by atoms with van der Waals surface area (Å²) in [6.45, 7) is 0.251. The molecule has 122 valence electrons. The van der Waals surface area contributed by atoms with E-state index in [2.05, 4.69) is 4.84 Å². The van der Waals surface area contributed by atoms with Gasteiger partial charge >= 0.3 is 11.9 Å². The largest absolute Gasteiger partial charge is 0.402 e. The van der Waals surface area contributed by atoms with Crippen LogP contribution in [-0.2, 0) is 14.4 Å². The SMILES string of the molecule is O=C1c2ccccc2C(=O)N1OC(=O)C(F)(F)C1CCOCC1. The predicted molar refractivity (Wildman–Crippen MR) is 71.5 cm³/mol. The Hall–Kier alpha value is -2.35. The minimum absolute atomic E-state index is 0.00418. The number of hydrogen-bond donors (Lipinski definition) is 0. The van der Waals surface area contributed by atoms with Crippen molar-refractivity contribution in [2.45, 2.75) is 18.8 Å². The molecule has 0 aromatic heterocycles. The molecular weight excluding hydrogens is 312 g/mol. The number of benzene rings is 1. The maximum atomic E-state index is 14.2. The summed E-state index contributed by atoms with van der Waals surface area (Å²) in [7, 11) is 0. The summed E-state index contributed by atoms with van der Waals surface area (Å²) >= 11 is 0. The Morgan fingerprint density at radius 1 is 1.13 bits per heavy atom. The molecule has 3 rings (SSSR count). The van der Waals surface area contributed by atoms with Crippen LogP contribution in [0.2, 0.25) is 0 Å². The Bertz CT molecular complexity index is 635. The van der Waals surface area contributed by atoms with Crippen molar-refractivity contribution in [2.24, 2.45) is 5.92 Å². The number of hydroxylamine groups is 2. The molecule has 1 saturated heterocycles. The van der Waals surface area contributed by atoms with Crippen LogP contribution in [0.25, 0.3) is 0 Å². The van der Waals surface area contributed by atoms with Gasteiger partial charge in [0.25, 0.3) is 11.8 Å². The van der Waals surface area contributed by atoms with E-state index in [1.54, 1.807) is 0 Å². The summed E-state index contributed by atoms with van der Waals surface area (Å²) in [5.74, 6) is -8.79. The molecule has 2 amide bonds. The van der Waals surface area contributed by atoms with Crippen LogP contribution in [0.1, 0.15) is 33.6 Å². The van der Waals surface area contributed by atoms with Crippen molar-refractivity contribution in [3.05, 3.63) is 35.4 Å². The smallest absolute Gasteiger partial charge is 0.381 e. The van der Waals surface area contributed by atoms with E-state index in [-0.39, 0.29) is 42.2 Å². The molecule has 2 aliphatic rings. The van der Waals surface area contributed by atoms with Gasteiger partial charge in [0.2, 0.25) is 0 Å². The van der Waals surface area contributed by atoms with E-state index in [1.807, 2.05) is 0 Å². The van der Waals surface area contributed by atoms with Crippen LogP contribution >= 0.6 is 0 Å². The molecule has 6 nitrogen and oxygen atoms in total. The number of carbonyl (C=O) groups is 3. The summed E-state index contributed by atoms with van der Waals surface area (Å²) in [5.41, 5.74) is 0.0272. The molecule has 2 aliphatic heterocycles. The molecule has 0 N–H and O–H groups in total. The van der Waals surface area contributed by atoms with Crippen LogP contribution in [0.5, 0.6) is 0 Å². The first-order valence-corrected chi connectivity index (χ1v) is 7.08. The molecule has 0 saturated carbocycles. The summed E-state index contributed by atoms with van der Waals surface area (Å²) < 4.78 is 33.3. The van der Waals surface area contributed by atoms with Gasteiger partial charge in [-0.3, -0.25) is 9.59 Å². The molecule has 0 spiro atoms. The van der Waals surface area contributed by atoms with Gasteiger partial charge in [0.05, 0.1) is 11.1 Å². The Balaban J connectivity index is 1.76. The summed E-state index contributed by atoms with van der Waals surface area (Å²) in [6, 6.07) is 5.76. The molecule has 0 atom stereocenters. The lowest BCUT2D eigenvalue weighted by atomic mass is 9.93. The third kappa shape index (κ3) is 2.59. The van der Waals surface area contributed by atoms with Crippen molar-refractivity contribution in [1.82, 2.24) is 5.06 Å². The van der Waals surface area contributed by atoms with E-state index in [9.17, 15) is 23.2 Å². The summed E-state index contributed by atoms with van der Waals surface area (Å²) in [4.78, 5) is 40.3. The number of alkyl halides is 2. The first kappa shape index (κ1) is 15.5. The zero-order valence-corrected chi connectivity index (χ0v) is 12.0. The van der Waals surface area contributed by atoms with E-state index in [4.69, 9.17) is 4.74 Å². The van der Waals surface area contributed by atoms with E-state index < -0.39 is 29.6 Å². The maximum Gasteiger partial charge on any atom is 0.402 e. The van der Waals surface area contributed by atoms with Crippen molar-refractivity contribution in [3.8, 4) is 0 Å². The third-order valence-corrected chi connectivity index (χ3v) is 3.94. The van der Waals surface area contributed by atoms with E-state index in [1.165, 1.54) is 24.3 Å². The van der Waals surface area contributed by atoms with Gasteiger partial charge in [0, 0.05) is 19.1 Å². The molecule has 0 bridgehead atoms. The van der Waals surface area contributed by atoms with Crippen LogP contribution in [0, 0.1) is 5.92 Å². The lowest BCUT2D eigenvalue weighted by molar-refractivity contribution is -0.207. The highest BCUT2D eigenvalue weighted by Gasteiger charge is 2.52. The standard InChI is InChI=1S/C15H13F2NO5/c16-15(17,9-5-7-22-8-6-9)14(21)23-18-12(19)10-3-1-2-4-11(10)13(18)20/h1-4,9H,5-8H2. The Labute approximate surface area is 129 Å². The van der Waals surface area contributed by atoms with E-state index in [0.29, 0.717) is 0 Å². The number of carbonyl (C=O) groups excluding carboxylic acids is 3. The Morgan fingerprint density at radius 2 is 1.65 bits per heavy atom. The fourth-order valence-electron chi connectivity index (χ4n) is 2.62. The normalized spacial score (nSPS) is 19.0. The average Bonchev–Trinajstić information content (AvgIpc) is 2.81. The average molecular weight is 325 g/mol. The van der Waals surface area contributed by atoms with Gasteiger partial charge in [-0.1, -0.05) is 17.2 Å². The fourth-order valence-corrected chi connectivity index (χ4v) is 2.62. The number of ether oxygens (including phenoxy) is 1. The number of nitrogens with zero attached hydrogens (tertiary/aromatic N) is 1. The van der Waals surface area contributed by atoms with Crippen molar-refractivity contribution in [1.29, 1.82) is 0 Å². The molecule has 2 heterocycles. The number of amides is 2. The lowest BCUT2D eigenvalue weighted by Crippen LogP contribution is -2.45. The van der Waals surface area contributed by atoms with Crippen molar-refractivity contribution in [3.63, 3.8) is 0 Å². The van der Waals surface area contributed by atoms with Crippen LogP contribution < -0.4 is 0 Å². The van der Waals surface area contributed by atoms with Crippen molar-refractivity contribution >= 4 is 17.8 Å². The quantitative estimate of drug-likeness (QED) is 0.793. The molecule has 1 fully saturated rings. The van der Waals surface area contributed by atoms with E-state index >= 15 is 0 Å². The summed E-state index contributed by atoms with van der Waals surface area (Å²) in [5, 5.41) is 0.0975. The monoisotopic (exact) mass is 325 g/mol. The molecule has 23 heavy (non-hydrogen) atoms. The minimum Gasteiger partial charge on any atom is -0.381 e. The predicted octanol–water partition coefficient (Wildman–Crippen LogP) is 1.80. The fraction of sp³-hybridized carbons (Fsp3) is 0.400. The van der Waals surface area contributed by atoms with Crippen molar-refractivity contribution in [2.75, 3.05) is 13.2 Å². The first-order chi connectivity index (χ1) is 10.9. The minimum atomic E-state index is -3.79. The van der Waals surface area contributed by atoms with Gasteiger partial charge in [-0.15, -0.1) is 0 Å². The van der Waals surface area contributed by atoms with Gasteiger partial charge in [0.15, 0.2) is 0 Å². The zero-order valence-electron chi connectivity index (χ0n) is 12.0. The lowest BCUT2D eigenvalue weighted by Gasteiger charge is -2.28. The number of imide groups is 1. The second-order valence-electron chi connectivity index (χ2n) is 5.34. The molecular formula is C15H13F2NO5. The first-order valence-electron chi connectivity index (χ1n) is 7.08. The molecule has 0 radical (unpaired) electrons. The molecule has 1 aromatic rings. The highest BCUT2D eigenvalue weighted by molar-refractivity contribution is 6.20. The van der Waals surface area contributed by atoms with Crippen molar-refractivity contribution < 1.29 is 32.7 Å². The van der Waals surface area contributed by atoms with Crippen LogP contribution in [0.3, 0.4) is 0 Å². The highest BCUT2D eigenvalue weighted by atomic mass is 19.3. The topological polar surface area (TPSA) is 72.9 Å². The third-order valence-electron chi connectivity index (χ3n) is 3.94. The van der Waals surface area contributed by atoms with Crippen LogP contribution in [0.4, 0.5) is 8.78 Å². The second kappa shape index (κ2) is 5.69. The maximum absolute atomic E-state index is 14.2. The zero-order chi connectivity index (χ0) is 16.6. The Kier molecular flexibility index (Phi) is 3.85. The highest BCUT2D eigenvalue weighted by Crippen LogP contribution is 2.34. The number of rotatable bonds is 3. The van der Waals surface area contributed by atoms with Gasteiger partial charge in [0.1, 0.15) is 0 Å². The van der Waals surface area contributed by atoms with Gasteiger partial charge in [-0.2, -0.15) is 8.78 Å². The van der Waals surface area contributed by atoms with Gasteiger partial charge in [-0.05, 0) is 25.0 Å². The number of halogens is 2. The molecule has 1 aromatic carbocycles. The molecule has 0 aliphatic carbocycles.